The highest BCUT2D eigenvalue weighted by atomic mass is 35.5. The summed E-state index contributed by atoms with van der Waals surface area (Å²) in [7, 11) is 0. The second kappa shape index (κ2) is 7.50. The number of carbonyl (C=O) groups is 2. The molecular formula is C23H21ClN4O4S. The summed E-state index contributed by atoms with van der Waals surface area (Å²) < 4.78 is 3.26. The number of aromatic nitrogens is 2. The van der Waals surface area contributed by atoms with Gasteiger partial charge in [-0.05, 0) is 62.1 Å². The third kappa shape index (κ3) is 3.13. The lowest BCUT2D eigenvalue weighted by Crippen LogP contribution is -2.36. The molecule has 6 rings (SSSR count). The lowest BCUT2D eigenvalue weighted by Gasteiger charge is -2.27. The molecule has 1 saturated carbocycles. The number of hydrogen-bond donors (Lipinski definition) is 2. The third-order valence-electron chi connectivity index (χ3n) is 6.97. The van der Waals surface area contributed by atoms with Crippen molar-refractivity contribution >= 4 is 40.4 Å². The van der Waals surface area contributed by atoms with E-state index in [9.17, 15) is 19.5 Å². The molecule has 2 aromatic heterocycles. The number of amides is 2. The van der Waals surface area contributed by atoms with Crippen LogP contribution in [0.2, 0.25) is 4.34 Å². The highest BCUT2D eigenvalue weighted by Gasteiger charge is 2.45. The summed E-state index contributed by atoms with van der Waals surface area (Å²) in [5, 5.41) is 13.9. The number of imidazole rings is 1. The average molecular weight is 485 g/mol. The fraction of sp³-hybridized carbons (Fsp3) is 0.348. The van der Waals surface area contributed by atoms with Crippen molar-refractivity contribution in [2.75, 3.05) is 4.90 Å². The zero-order chi connectivity index (χ0) is 22.9. The number of nitrogens with zero attached hydrogens (tertiary/aromatic N) is 3. The average Bonchev–Trinajstić information content (AvgIpc) is 3.60. The topological polar surface area (TPSA) is 96.6 Å². The molecule has 1 aliphatic carbocycles. The number of nitrogens with one attached hydrogen (secondary N) is 1. The molecule has 3 aromatic rings. The molecule has 33 heavy (non-hydrogen) atoms. The quantitative estimate of drug-likeness (QED) is 0.592. The summed E-state index contributed by atoms with van der Waals surface area (Å²) in [5.74, 6) is -0.171. The number of halogens is 1. The summed E-state index contributed by atoms with van der Waals surface area (Å²) in [4.78, 5) is 40.5. The molecule has 2 fully saturated rings. The van der Waals surface area contributed by atoms with E-state index in [0.717, 1.165) is 24.9 Å². The van der Waals surface area contributed by atoms with Crippen LogP contribution in [0.1, 0.15) is 47.1 Å². The summed E-state index contributed by atoms with van der Waals surface area (Å²) in [6.45, 7) is 0.397. The van der Waals surface area contributed by atoms with E-state index in [2.05, 4.69) is 5.32 Å². The fourth-order valence-corrected chi connectivity index (χ4v) is 6.38. The summed E-state index contributed by atoms with van der Waals surface area (Å²) >= 11 is 7.10. The Balaban J connectivity index is 1.28. The first-order chi connectivity index (χ1) is 15.9. The summed E-state index contributed by atoms with van der Waals surface area (Å²) in [6.07, 6.45) is 3.42. The van der Waals surface area contributed by atoms with Gasteiger partial charge in [-0.15, -0.1) is 11.3 Å². The van der Waals surface area contributed by atoms with Crippen LogP contribution in [0.5, 0.6) is 5.88 Å². The Hall–Kier alpha value is -3.04. The molecule has 0 spiro atoms. The predicted octanol–water partition coefficient (Wildman–Crippen LogP) is 3.45. The molecule has 0 radical (unpaired) electrons. The molecular weight excluding hydrogens is 464 g/mol. The fourth-order valence-electron chi connectivity index (χ4n) is 5.44. The predicted molar refractivity (Wildman–Crippen MR) is 124 cm³/mol. The van der Waals surface area contributed by atoms with Crippen molar-refractivity contribution in [1.29, 1.82) is 0 Å². The van der Waals surface area contributed by atoms with E-state index < -0.39 is 6.04 Å². The van der Waals surface area contributed by atoms with E-state index in [0.29, 0.717) is 33.6 Å². The van der Waals surface area contributed by atoms with Crippen LogP contribution in [0.25, 0.3) is 5.69 Å². The van der Waals surface area contributed by atoms with Gasteiger partial charge in [0.25, 0.3) is 5.91 Å². The number of aromatic hydroxyl groups is 1. The summed E-state index contributed by atoms with van der Waals surface area (Å²) in [5.41, 5.74) is 1.36. The van der Waals surface area contributed by atoms with Crippen LogP contribution in [-0.4, -0.2) is 32.1 Å². The molecule has 2 unspecified atom stereocenters. The maximum atomic E-state index is 13.1. The smallest absolute Gasteiger partial charge is 0.335 e. The van der Waals surface area contributed by atoms with E-state index in [-0.39, 0.29) is 35.3 Å². The number of piperidine rings is 1. The van der Waals surface area contributed by atoms with Crippen molar-refractivity contribution in [3.05, 3.63) is 61.8 Å². The van der Waals surface area contributed by atoms with Crippen molar-refractivity contribution in [3.63, 3.8) is 0 Å². The second-order valence-electron chi connectivity index (χ2n) is 8.79. The molecule has 3 aliphatic rings. The minimum absolute atomic E-state index is 0.133. The minimum Gasteiger partial charge on any atom is -0.493 e. The van der Waals surface area contributed by atoms with Crippen LogP contribution < -0.4 is 15.9 Å². The first-order valence-electron chi connectivity index (χ1n) is 11.0. The van der Waals surface area contributed by atoms with Crippen LogP contribution in [-0.2, 0) is 11.3 Å². The van der Waals surface area contributed by atoms with Crippen LogP contribution >= 0.6 is 22.9 Å². The molecule has 1 aromatic carbocycles. The summed E-state index contributed by atoms with van der Waals surface area (Å²) in [6, 6.07) is 10.2. The van der Waals surface area contributed by atoms with Crippen LogP contribution in [0.3, 0.4) is 0 Å². The largest absolute Gasteiger partial charge is 0.493 e. The van der Waals surface area contributed by atoms with Gasteiger partial charge in [0.05, 0.1) is 20.9 Å². The van der Waals surface area contributed by atoms with Gasteiger partial charge >= 0.3 is 5.69 Å². The third-order valence-corrected chi connectivity index (χ3v) is 8.20. The Morgan fingerprint density at radius 2 is 1.82 bits per heavy atom. The van der Waals surface area contributed by atoms with E-state index in [1.807, 2.05) is 17.0 Å². The number of thiophene rings is 1. The van der Waals surface area contributed by atoms with E-state index >= 15 is 0 Å². The molecule has 3 atom stereocenters. The van der Waals surface area contributed by atoms with Crippen molar-refractivity contribution in [2.24, 2.45) is 5.92 Å². The number of carbonyl (C=O) groups excluding carboxylic acids is 2. The van der Waals surface area contributed by atoms with Gasteiger partial charge in [-0.3, -0.25) is 14.2 Å². The van der Waals surface area contributed by atoms with Gasteiger partial charge in [0.1, 0.15) is 5.69 Å². The molecule has 4 heterocycles. The number of hydrogen-bond acceptors (Lipinski definition) is 5. The molecule has 2 N–H and O–H groups in total. The molecule has 170 valence electrons. The monoisotopic (exact) mass is 484 g/mol. The SMILES string of the molecule is O=C(N[C@@H]1CCn2c1c(O)n(-c1ccc(N3C(=O)C4CCC3C4)cc1)c2=O)c1ccc(Cl)s1. The van der Waals surface area contributed by atoms with E-state index in [1.54, 1.807) is 24.3 Å². The van der Waals surface area contributed by atoms with Gasteiger partial charge in [0.15, 0.2) is 0 Å². The number of rotatable bonds is 4. The Labute approximate surface area is 198 Å². The Bertz CT molecular complexity index is 1340. The first kappa shape index (κ1) is 20.6. The normalized spacial score (nSPS) is 23.4. The maximum absolute atomic E-state index is 13.1. The van der Waals surface area contributed by atoms with Gasteiger partial charge in [-0.2, -0.15) is 0 Å². The highest BCUT2D eigenvalue weighted by molar-refractivity contribution is 7.18. The number of benzene rings is 1. The number of fused-ring (bicyclic) bond motifs is 3. The molecule has 10 heteroatoms. The molecule has 2 aliphatic heterocycles. The van der Waals surface area contributed by atoms with Crippen molar-refractivity contribution in [3.8, 4) is 11.6 Å². The van der Waals surface area contributed by atoms with Gasteiger partial charge < -0.3 is 15.3 Å². The first-order valence-corrected chi connectivity index (χ1v) is 12.2. The lowest BCUT2D eigenvalue weighted by molar-refractivity contribution is -0.121. The standard InChI is InChI=1S/C23H21ClN4O4S/c24-18-8-7-17(33-18)20(29)25-16-9-10-26-19(16)22(31)28(23(26)32)14-5-3-13(4-6-14)27-15-2-1-12(11-15)21(27)30/h3-8,12,15-16,31H,1-2,9-11H2,(H,25,29)/t12?,15?,16-/m1/s1. The highest BCUT2D eigenvalue weighted by Crippen LogP contribution is 2.41. The molecule has 2 amide bonds. The molecule has 1 saturated heterocycles. The van der Waals surface area contributed by atoms with E-state index in [1.165, 1.54) is 20.5 Å². The van der Waals surface area contributed by atoms with Crippen molar-refractivity contribution in [2.45, 2.75) is 44.3 Å². The van der Waals surface area contributed by atoms with Crippen LogP contribution in [0, 0.1) is 5.92 Å². The Kier molecular flexibility index (Phi) is 4.67. The zero-order valence-electron chi connectivity index (χ0n) is 17.5. The Morgan fingerprint density at radius 3 is 2.48 bits per heavy atom. The Morgan fingerprint density at radius 1 is 1.06 bits per heavy atom. The minimum atomic E-state index is -0.482. The second-order valence-corrected chi connectivity index (χ2v) is 10.5. The van der Waals surface area contributed by atoms with Gasteiger partial charge in [0.2, 0.25) is 11.8 Å². The van der Waals surface area contributed by atoms with Crippen molar-refractivity contribution in [1.82, 2.24) is 14.5 Å². The molecule has 2 bridgehead atoms. The van der Waals surface area contributed by atoms with Crippen LogP contribution in [0.15, 0.2) is 41.2 Å². The number of anilines is 1. The van der Waals surface area contributed by atoms with Gasteiger partial charge in [-0.25, -0.2) is 9.36 Å². The van der Waals surface area contributed by atoms with Crippen LogP contribution in [0.4, 0.5) is 5.69 Å². The van der Waals surface area contributed by atoms with Crippen molar-refractivity contribution < 1.29 is 14.7 Å². The molecule has 8 nitrogen and oxygen atoms in total. The maximum Gasteiger partial charge on any atom is 0.335 e. The van der Waals surface area contributed by atoms with Gasteiger partial charge in [-0.1, -0.05) is 11.6 Å². The van der Waals surface area contributed by atoms with E-state index in [4.69, 9.17) is 11.6 Å². The zero-order valence-corrected chi connectivity index (χ0v) is 19.1. The van der Waals surface area contributed by atoms with Gasteiger partial charge in [0, 0.05) is 24.2 Å². The lowest BCUT2D eigenvalue weighted by atomic mass is 10.1.